The van der Waals surface area contributed by atoms with Crippen LogP contribution < -0.4 is 10.6 Å². The number of guanidine groups is 1. The fraction of sp³-hybridized carbons (Fsp3) is 0.500. The first-order valence-corrected chi connectivity index (χ1v) is 9.25. The van der Waals surface area contributed by atoms with Crippen LogP contribution in [0.15, 0.2) is 47.7 Å². The molecule has 0 fully saturated rings. The first-order chi connectivity index (χ1) is 12.5. The molecule has 6 nitrogen and oxygen atoms in total. The Morgan fingerprint density at radius 3 is 2.58 bits per heavy atom. The van der Waals surface area contributed by atoms with E-state index < -0.39 is 5.60 Å². The van der Waals surface area contributed by atoms with Crippen LogP contribution in [0.4, 0.5) is 0 Å². The first-order valence-electron chi connectivity index (χ1n) is 9.25. The molecule has 26 heavy (non-hydrogen) atoms. The van der Waals surface area contributed by atoms with Crippen LogP contribution in [-0.2, 0) is 12.6 Å². The number of hydrogen-bond donors (Lipinski definition) is 3. The van der Waals surface area contributed by atoms with Gasteiger partial charge in [0.1, 0.15) is 5.60 Å². The van der Waals surface area contributed by atoms with Gasteiger partial charge in [-0.2, -0.15) is 5.10 Å². The Labute approximate surface area is 156 Å². The lowest BCUT2D eigenvalue weighted by Gasteiger charge is -2.22. The molecule has 1 heterocycles. The quantitative estimate of drug-likeness (QED) is 0.501. The maximum absolute atomic E-state index is 10.7. The first kappa shape index (κ1) is 20.0. The zero-order valence-electron chi connectivity index (χ0n) is 16.2. The van der Waals surface area contributed by atoms with Crippen molar-refractivity contribution in [2.45, 2.75) is 38.7 Å². The van der Waals surface area contributed by atoms with Crippen molar-refractivity contribution < 1.29 is 5.11 Å². The number of benzene rings is 1. The maximum Gasteiger partial charge on any atom is 0.191 e. The van der Waals surface area contributed by atoms with Gasteiger partial charge in [-0.15, -0.1) is 0 Å². The van der Waals surface area contributed by atoms with E-state index in [4.69, 9.17) is 0 Å². The molecule has 0 radical (unpaired) electrons. The van der Waals surface area contributed by atoms with Gasteiger partial charge in [0, 0.05) is 37.8 Å². The second-order valence-corrected chi connectivity index (χ2v) is 6.77. The molecular weight excluding hydrogens is 326 g/mol. The van der Waals surface area contributed by atoms with E-state index in [0.29, 0.717) is 11.9 Å². The van der Waals surface area contributed by atoms with Crippen molar-refractivity contribution in [1.29, 1.82) is 0 Å². The summed E-state index contributed by atoms with van der Waals surface area (Å²) in [6, 6.07) is 10.5. The predicted octanol–water partition coefficient (Wildman–Crippen LogP) is 2.38. The minimum atomic E-state index is -1.06. The summed E-state index contributed by atoms with van der Waals surface area (Å²) in [7, 11) is 1.84. The van der Waals surface area contributed by atoms with Gasteiger partial charge in [0.15, 0.2) is 5.96 Å². The maximum atomic E-state index is 10.7. The molecule has 142 valence electrons. The van der Waals surface area contributed by atoms with Gasteiger partial charge in [0.05, 0.1) is 12.7 Å². The largest absolute Gasteiger partial charge is 0.383 e. The summed E-state index contributed by atoms with van der Waals surface area (Å²) in [5.41, 5.74) is 1.02. The highest BCUT2D eigenvalue weighted by atomic mass is 16.3. The highest BCUT2D eigenvalue weighted by Crippen LogP contribution is 2.20. The van der Waals surface area contributed by atoms with Gasteiger partial charge in [0.2, 0.25) is 0 Å². The van der Waals surface area contributed by atoms with Crippen molar-refractivity contribution in [1.82, 2.24) is 20.4 Å². The standard InChI is InChI=1S/C20H31N5O/c1-5-16(17-10-8-7-9-11-17)12-22-19(21-6-2)23-15-20(3,26)18-13-24-25(4)14-18/h7-11,13-14,16,26H,5-6,12,15H2,1-4H3,(H2,21,22,23). The molecule has 1 aromatic carbocycles. The highest BCUT2D eigenvalue weighted by Gasteiger charge is 2.24. The average Bonchev–Trinajstić information content (AvgIpc) is 3.08. The molecule has 0 amide bonds. The Hall–Kier alpha value is -2.34. The molecule has 2 atom stereocenters. The van der Waals surface area contributed by atoms with Crippen molar-refractivity contribution in [3.8, 4) is 0 Å². The van der Waals surface area contributed by atoms with Gasteiger partial charge < -0.3 is 15.7 Å². The smallest absolute Gasteiger partial charge is 0.191 e. The Kier molecular flexibility index (Phi) is 7.21. The van der Waals surface area contributed by atoms with Crippen LogP contribution in [0.3, 0.4) is 0 Å². The van der Waals surface area contributed by atoms with Crippen molar-refractivity contribution in [2.75, 3.05) is 19.6 Å². The minimum Gasteiger partial charge on any atom is -0.383 e. The van der Waals surface area contributed by atoms with Gasteiger partial charge in [0.25, 0.3) is 0 Å². The number of aryl methyl sites for hydroxylation is 1. The van der Waals surface area contributed by atoms with Crippen LogP contribution in [-0.4, -0.2) is 40.5 Å². The van der Waals surface area contributed by atoms with Crippen LogP contribution in [0.5, 0.6) is 0 Å². The molecule has 0 bridgehead atoms. The molecule has 0 aliphatic heterocycles. The number of hydrogen-bond acceptors (Lipinski definition) is 3. The lowest BCUT2D eigenvalue weighted by Crippen LogP contribution is -2.40. The zero-order valence-corrected chi connectivity index (χ0v) is 16.2. The van der Waals surface area contributed by atoms with Gasteiger partial charge >= 0.3 is 0 Å². The third-order valence-electron chi connectivity index (χ3n) is 4.50. The Morgan fingerprint density at radius 2 is 2.00 bits per heavy atom. The molecule has 0 aliphatic carbocycles. The second kappa shape index (κ2) is 9.38. The van der Waals surface area contributed by atoms with E-state index in [9.17, 15) is 5.11 Å². The lowest BCUT2D eigenvalue weighted by molar-refractivity contribution is 0.0672. The van der Waals surface area contributed by atoms with E-state index in [-0.39, 0.29) is 6.54 Å². The molecule has 2 rings (SSSR count). The topological polar surface area (TPSA) is 74.5 Å². The minimum absolute atomic E-state index is 0.260. The Bertz CT molecular complexity index is 693. The lowest BCUT2D eigenvalue weighted by atomic mass is 9.96. The SMILES string of the molecule is CCNC(=NCC(C)(O)c1cnn(C)c1)NCC(CC)c1ccccc1. The number of aliphatic hydroxyl groups is 1. The Morgan fingerprint density at radius 1 is 1.27 bits per heavy atom. The molecule has 0 spiro atoms. The third-order valence-corrected chi connectivity index (χ3v) is 4.50. The van der Waals surface area contributed by atoms with E-state index in [1.54, 1.807) is 17.8 Å². The summed E-state index contributed by atoms with van der Waals surface area (Å²) in [6.45, 7) is 7.80. The van der Waals surface area contributed by atoms with Gasteiger partial charge in [-0.25, -0.2) is 4.99 Å². The van der Waals surface area contributed by atoms with Crippen LogP contribution in [0.2, 0.25) is 0 Å². The Balaban J connectivity index is 2.02. The molecule has 2 aromatic rings. The summed E-state index contributed by atoms with van der Waals surface area (Å²) in [6.07, 6.45) is 4.54. The van der Waals surface area contributed by atoms with Crippen LogP contribution in [0, 0.1) is 0 Å². The van der Waals surface area contributed by atoms with Crippen molar-refractivity contribution in [3.63, 3.8) is 0 Å². The van der Waals surface area contributed by atoms with Gasteiger partial charge in [-0.05, 0) is 25.8 Å². The molecule has 1 aromatic heterocycles. The van der Waals surface area contributed by atoms with E-state index in [0.717, 1.165) is 25.1 Å². The van der Waals surface area contributed by atoms with Crippen LogP contribution in [0.1, 0.15) is 44.2 Å². The molecule has 3 N–H and O–H groups in total. The molecule has 6 heteroatoms. The van der Waals surface area contributed by atoms with Crippen molar-refractivity contribution in [3.05, 3.63) is 53.9 Å². The molecular formula is C20H31N5O. The summed E-state index contributed by atoms with van der Waals surface area (Å²) < 4.78 is 1.68. The highest BCUT2D eigenvalue weighted by molar-refractivity contribution is 5.79. The number of nitrogens with one attached hydrogen (secondary N) is 2. The fourth-order valence-corrected chi connectivity index (χ4v) is 2.81. The molecule has 0 saturated heterocycles. The van der Waals surface area contributed by atoms with Crippen LogP contribution >= 0.6 is 0 Å². The summed E-state index contributed by atoms with van der Waals surface area (Å²) in [5.74, 6) is 1.13. The number of nitrogens with zero attached hydrogens (tertiary/aromatic N) is 3. The predicted molar refractivity (Wildman–Crippen MR) is 106 cm³/mol. The molecule has 0 aliphatic rings. The summed E-state index contributed by atoms with van der Waals surface area (Å²) in [5, 5.41) is 21.5. The number of rotatable bonds is 8. The van der Waals surface area contributed by atoms with Gasteiger partial charge in [-0.3, -0.25) is 4.68 Å². The molecule has 2 unspecified atom stereocenters. The number of aliphatic imine (C=N–C) groups is 1. The second-order valence-electron chi connectivity index (χ2n) is 6.77. The summed E-state index contributed by atoms with van der Waals surface area (Å²) >= 11 is 0. The summed E-state index contributed by atoms with van der Waals surface area (Å²) in [4.78, 5) is 4.58. The third kappa shape index (κ3) is 5.59. The van der Waals surface area contributed by atoms with Crippen molar-refractivity contribution >= 4 is 5.96 Å². The average molecular weight is 358 g/mol. The normalized spacial score (nSPS) is 15.3. The van der Waals surface area contributed by atoms with Gasteiger partial charge in [-0.1, -0.05) is 37.3 Å². The van der Waals surface area contributed by atoms with E-state index in [1.165, 1.54) is 5.56 Å². The number of aromatic nitrogens is 2. The van der Waals surface area contributed by atoms with E-state index >= 15 is 0 Å². The zero-order chi connectivity index (χ0) is 19.0. The fourth-order valence-electron chi connectivity index (χ4n) is 2.81. The monoisotopic (exact) mass is 357 g/mol. The molecule has 0 saturated carbocycles. The van der Waals surface area contributed by atoms with Crippen molar-refractivity contribution in [2.24, 2.45) is 12.0 Å². The van der Waals surface area contributed by atoms with Crippen LogP contribution in [0.25, 0.3) is 0 Å². The van der Waals surface area contributed by atoms with E-state index in [2.05, 4.69) is 51.9 Å². The van der Waals surface area contributed by atoms with E-state index in [1.807, 2.05) is 26.2 Å².